The van der Waals surface area contributed by atoms with E-state index in [1.807, 2.05) is 0 Å². The van der Waals surface area contributed by atoms with Gasteiger partial charge in [-0.1, -0.05) is 29.8 Å². The van der Waals surface area contributed by atoms with Gasteiger partial charge in [-0.05, 0) is 37.5 Å². The third-order valence-electron chi connectivity index (χ3n) is 4.45. The zero-order chi connectivity index (χ0) is 11.7. The zero-order valence-electron chi connectivity index (χ0n) is 10.4. The maximum Gasteiger partial charge on any atom is 0.0570 e. The predicted octanol–water partition coefficient (Wildman–Crippen LogP) is 2.64. The summed E-state index contributed by atoms with van der Waals surface area (Å²) in [7, 11) is 0. The maximum absolute atomic E-state index is 9.77. The van der Waals surface area contributed by atoms with Crippen molar-refractivity contribution in [3.63, 3.8) is 0 Å². The molecule has 2 aliphatic heterocycles. The number of rotatable bonds is 4. The van der Waals surface area contributed by atoms with E-state index in [4.69, 9.17) is 0 Å². The first-order valence-corrected chi connectivity index (χ1v) is 7.73. The van der Waals surface area contributed by atoms with E-state index < -0.39 is 0 Å². The number of halogens is 1. The van der Waals surface area contributed by atoms with Crippen molar-refractivity contribution < 1.29 is 5.11 Å². The van der Waals surface area contributed by atoms with Crippen LogP contribution in [0.5, 0.6) is 0 Å². The molecule has 2 rings (SSSR count). The lowest BCUT2D eigenvalue weighted by Gasteiger charge is -2.39. The van der Waals surface area contributed by atoms with E-state index in [9.17, 15) is 5.11 Å². The number of piperidine rings is 1. The molecule has 3 heteroatoms. The molecule has 0 spiro atoms. The predicted molar refractivity (Wildman–Crippen MR) is 70.9 cm³/mol. The van der Waals surface area contributed by atoms with Crippen LogP contribution in [0.4, 0.5) is 0 Å². The highest BCUT2D eigenvalue weighted by atomic mass is 79.9. The lowest BCUT2D eigenvalue weighted by Crippen LogP contribution is -2.47. The smallest absolute Gasteiger partial charge is 0.0570 e. The fraction of sp³-hybridized carbons (Fsp3) is 1.00. The molecule has 0 amide bonds. The summed E-state index contributed by atoms with van der Waals surface area (Å²) in [6, 6.07) is 1.32. The first-order valence-electron chi connectivity index (χ1n) is 6.61. The number of aliphatic hydroxyl groups is 1. The van der Waals surface area contributed by atoms with E-state index in [0.29, 0.717) is 12.1 Å². The van der Waals surface area contributed by atoms with Crippen LogP contribution >= 0.6 is 15.9 Å². The molecule has 2 aliphatic rings. The number of nitrogens with zero attached hydrogens (tertiary/aromatic N) is 1. The highest BCUT2D eigenvalue weighted by Crippen LogP contribution is 2.36. The average molecular weight is 290 g/mol. The molecule has 94 valence electrons. The van der Waals surface area contributed by atoms with Crippen LogP contribution in [0.3, 0.4) is 0 Å². The second kappa shape index (κ2) is 5.36. The molecule has 16 heavy (non-hydrogen) atoms. The minimum absolute atomic E-state index is 0.0322. The second-order valence-corrected chi connectivity index (χ2v) is 6.51. The van der Waals surface area contributed by atoms with E-state index in [1.54, 1.807) is 0 Å². The van der Waals surface area contributed by atoms with Gasteiger partial charge in [-0.25, -0.2) is 0 Å². The Morgan fingerprint density at radius 1 is 1.25 bits per heavy atom. The number of aliphatic hydroxyl groups excluding tert-OH is 1. The first kappa shape index (κ1) is 12.8. The first-order chi connectivity index (χ1) is 7.61. The molecule has 0 aromatic carbocycles. The molecule has 3 unspecified atom stereocenters. The van der Waals surface area contributed by atoms with Crippen LogP contribution in [-0.4, -0.2) is 40.1 Å². The van der Waals surface area contributed by atoms with Crippen molar-refractivity contribution in [1.29, 1.82) is 0 Å². The molecule has 0 saturated carbocycles. The van der Waals surface area contributed by atoms with E-state index in [0.717, 1.165) is 30.0 Å². The third kappa shape index (κ3) is 2.62. The minimum atomic E-state index is -0.0322. The lowest BCUT2D eigenvalue weighted by molar-refractivity contribution is 0.0252. The van der Waals surface area contributed by atoms with Crippen LogP contribution in [0.1, 0.15) is 39.5 Å². The van der Waals surface area contributed by atoms with E-state index >= 15 is 0 Å². The Kier molecular flexibility index (Phi) is 4.31. The molecule has 0 aromatic rings. The highest BCUT2D eigenvalue weighted by molar-refractivity contribution is 9.09. The molecule has 2 fully saturated rings. The lowest BCUT2D eigenvalue weighted by atomic mass is 9.93. The fourth-order valence-corrected chi connectivity index (χ4v) is 4.20. The number of fused-ring (bicyclic) bond motifs is 2. The van der Waals surface area contributed by atoms with Crippen molar-refractivity contribution in [2.45, 2.75) is 57.7 Å². The van der Waals surface area contributed by atoms with Crippen molar-refractivity contribution in [3.8, 4) is 0 Å². The van der Waals surface area contributed by atoms with Crippen molar-refractivity contribution in [2.75, 3.05) is 11.9 Å². The molecule has 0 aromatic heterocycles. The van der Waals surface area contributed by atoms with Gasteiger partial charge in [0.2, 0.25) is 0 Å². The summed E-state index contributed by atoms with van der Waals surface area (Å²) in [6.45, 7) is 5.84. The normalized spacial score (nSPS) is 36.9. The Balaban J connectivity index is 1.95. The summed E-state index contributed by atoms with van der Waals surface area (Å²) in [4.78, 5) is 2.68. The van der Waals surface area contributed by atoms with Crippen LogP contribution in [0.25, 0.3) is 0 Å². The average Bonchev–Trinajstić information content (AvgIpc) is 2.46. The second-order valence-electron chi connectivity index (χ2n) is 5.87. The summed E-state index contributed by atoms with van der Waals surface area (Å²) in [5.41, 5.74) is 0. The van der Waals surface area contributed by atoms with Gasteiger partial charge in [0.1, 0.15) is 0 Å². The van der Waals surface area contributed by atoms with Crippen LogP contribution < -0.4 is 0 Å². The molecule has 3 atom stereocenters. The van der Waals surface area contributed by atoms with Gasteiger partial charge in [0.15, 0.2) is 0 Å². The van der Waals surface area contributed by atoms with Gasteiger partial charge in [0, 0.05) is 24.0 Å². The largest absolute Gasteiger partial charge is 0.393 e. The third-order valence-corrected chi connectivity index (χ3v) is 5.28. The Morgan fingerprint density at radius 2 is 1.81 bits per heavy atom. The van der Waals surface area contributed by atoms with E-state index in [1.165, 1.54) is 19.4 Å². The van der Waals surface area contributed by atoms with Gasteiger partial charge in [-0.2, -0.15) is 0 Å². The van der Waals surface area contributed by atoms with E-state index in [-0.39, 0.29) is 6.10 Å². The number of hydrogen-bond donors (Lipinski definition) is 1. The number of hydrogen-bond acceptors (Lipinski definition) is 2. The number of alkyl halides is 1. The van der Waals surface area contributed by atoms with Crippen LogP contribution in [0, 0.1) is 11.8 Å². The summed E-state index contributed by atoms with van der Waals surface area (Å²) < 4.78 is 0. The Morgan fingerprint density at radius 3 is 2.25 bits per heavy atom. The van der Waals surface area contributed by atoms with Crippen molar-refractivity contribution in [1.82, 2.24) is 4.90 Å². The van der Waals surface area contributed by atoms with Gasteiger partial charge >= 0.3 is 0 Å². The van der Waals surface area contributed by atoms with Gasteiger partial charge in [0.05, 0.1) is 6.10 Å². The summed E-state index contributed by atoms with van der Waals surface area (Å²) in [6.07, 6.45) is 4.58. The molecule has 0 aliphatic carbocycles. The van der Waals surface area contributed by atoms with Gasteiger partial charge in [0.25, 0.3) is 0 Å². The van der Waals surface area contributed by atoms with Crippen LogP contribution in [0.2, 0.25) is 0 Å². The Labute approximate surface area is 108 Å². The Bertz CT molecular complexity index is 220. The quantitative estimate of drug-likeness (QED) is 0.805. The molecular weight excluding hydrogens is 266 g/mol. The minimum Gasteiger partial charge on any atom is -0.393 e. The molecule has 2 nitrogen and oxygen atoms in total. The van der Waals surface area contributed by atoms with Crippen LogP contribution in [-0.2, 0) is 0 Å². The molecule has 2 saturated heterocycles. The molecule has 2 heterocycles. The molecule has 1 N–H and O–H groups in total. The monoisotopic (exact) mass is 289 g/mol. The molecule has 2 bridgehead atoms. The van der Waals surface area contributed by atoms with Gasteiger partial charge in [-0.3, -0.25) is 4.90 Å². The molecular formula is C13H24BrNO. The SMILES string of the molecule is CC(C)C(CBr)CN1C2CCC1CC(O)C2. The van der Waals surface area contributed by atoms with Crippen molar-refractivity contribution >= 4 is 15.9 Å². The Hall–Kier alpha value is 0.400. The zero-order valence-corrected chi connectivity index (χ0v) is 12.0. The summed E-state index contributed by atoms with van der Waals surface area (Å²) >= 11 is 3.64. The van der Waals surface area contributed by atoms with E-state index in [2.05, 4.69) is 34.7 Å². The van der Waals surface area contributed by atoms with Crippen molar-refractivity contribution in [3.05, 3.63) is 0 Å². The molecule has 0 radical (unpaired) electrons. The summed E-state index contributed by atoms with van der Waals surface area (Å²) in [5, 5.41) is 10.9. The van der Waals surface area contributed by atoms with Gasteiger partial charge < -0.3 is 5.11 Å². The fourth-order valence-electron chi connectivity index (χ4n) is 3.25. The topological polar surface area (TPSA) is 23.5 Å². The standard InChI is InChI=1S/C13H24BrNO/c1-9(2)10(7-14)8-15-11-3-4-12(15)6-13(16)5-11/h9-13,16H,3-8H2,1-2H3. The highest BCUT2D eigenvalue weighted by Gasteiger charge is 2.40. The maximum atomic E-state index is 9.77. The van der Waals surface area contributed by atoms with Crippen molar-refractivity contribution in [2.24, 2.45) is 11.8 Å². The van der Waals surface area contributed by atoms with Crippen LogP contribution in [0.15, 0.2) is 0 Å². The summed E-state index contributed by atoms with van der Waals surface area (Å²) in [5.74, 6) is 1.49. The van der Waals surface area contributed by atoms with Gasteiger partial charge in [-0.15, -0.1) is 0 Å².